The minimum absolute atomic E-state index is 0.00672. The standard InChI is InChI=1S/C21H27FN2O4.C16H19FN2O2/c1-21(2,3)28-19(25)9-4-14(12-22)13-27-18-8-7-16-17(23-18)10-11-24(20(16)26)15-5-6-15;1-2-11(9-17)10-21-15-6-5-13-14(18-15)7-8-19(16(13)20)12-3-4-12/h7-8,12,15H,4-6,9-11,13H2,1-3H3;5-6,9,12H,2-4,7-8,10H2,1H3/b14-12+;11-9+. The predicted octanol–water partition coefficient (Wildman–Crippen LogP) is 6.48. The number of ether oxygens (including phenoxy) is 3. The van der Waals surface area contributed by atoms with E-state index in [1.54, 1.807) is 45.0 Å². The second kappa shape index (κ2) is 15.9. The van der Waals surface area contributed by atoms with Crippen LogP contribution in [-0.2, 0) is 22.4 Å². The van der Waals surface area contributed by atoms with Crippen molar-refractivity contribution in [1.82, 2.24) is 19.8 Å². The molecular weight excluding hydrogens is 634 g/mol. The molecule has 0 bridgehead atoms. The maximum atomic E-state index is 13.1. The lowest BCUT2D eigenvalue weighted by Crippen LogP contribution is -2.39. The molecule has 0 spiro atoms. The SMILES string of the molecule is CC(C)(C)OC(=O)CC/C(=C\F)COc1ccc2c(n1)CCN(C1CC1)C2=O.CC/C(=C\F)COc1ccc2c(n1)CCN(C1CC1)C2=O. The Balaban J connectivity index is 0.000000199. The number of nitrogens with zero attached hydrogens (tertiary/aromatic N) is 4. The van der Waals surface area contributed by atoms with Crippen molar-refractivity contribution in [3.8, 4) is 11.8 Å². The van der Waals surface area contributed by atoms with E-state index in [-0.39, 0.29) is 43.8 Å². The molecule has 2 amide bonds. The van der Waals surface area contributed by atoms with Gasteiger partial charge >= 0.3 is 5.97 Å². The smallest absolute Gasteiger partial charge is 0.306 e. The first-order chi connectivity index (χ1) is 23.5. The van der Waals surface area contributed by atoms with Crippen molar-refractivity contribution in [2.75, 3.05) is 26.3 Å². The highest BCUT2D eigenvalue weighted by Gasteiger charge is 2.37. The van der Waals surface area contributed by atoms with Crippen LogP contribution in [0.3, 0.4) is 0 Å². The summed E-state index contributed by atoms with van der Waals surface area (Å²) in [5, 5.41) is 0. The van der Waals surface area contributed by atoms with Crippen molar-refractivity contribution < 1.29 is 37.4 Å². The number of hydrogen-bond donors (Lipinski definition) is 0. The highest BCUT2D eigenvalue weighted by atomic mass is 19.1. The molecule has 0 aromatic carbocycles. The van der Waals surface area contributed by atoms with E-state index in [4.69, 9.17) is 14.2 Å². The van der Waals surface area contributed by atoms with Gasteiger partial charge in [0.25, 0.3) is 11.8 Å². The number of hydrogen-bond acceptors (Lipinski definition) is 8. The van der Waals surface area contributed by atoms with Gasteiger partial charge in [-0.3, -0.25) is 14.4 Å². The number of carbonyl (C=O) groups excluding carboxylic acids is 3. The summed E-state index contributed by atoms with van der Waals surface area (Å²) in [6.07, 6.45) is 7.79. The van der Waals surface area contributed by atoms with Gasteiger partial charge in [-0.05, 0) is 82.6 Å². The van der Waals surface area contributed by atoms with Crippen molar-refractivity contribution in [2.45, 2.75) is 103 Å². The van der Waals surface area contributed by atoms with Crippen molar-refractivity contribution in [1.29, 1.82) is 0 Å². The Kier molecular flexibility index (Phi) is 11.7. The van der Waals surface area contributed by atoms with E-state index in [0.29, 0.717) is 78.2 Å². The number of esters is 1. The van der Waals surface area contributed by atoms with Crippen LogP contribution in [0, 0.1) is 0 Å². The fourth-order valence-electron chi connectivity index (χ4n) is 5.69. The molecule has 12 heteroatoms. The number of rotatable bonds is 12. The third-order valence-corrected chi connectivity index (χ3v) is 8.68. The minimum atomic E-state index is -0.563. The molecule has 0 radical (unpaired) electrons. The third-order valence-electron chi connectivity index (χ3n) is 8.68. The van der Waals surface area contributed by atoms with Crippen LogP contribution in [0.25, 0.3) is 0 Å². The summed E-state index contributed by atoms with van der Waals surface area (Å²) in [6, 6.07) is 7.66. The number of carbonyl (C=O) groups is 3. The summed E-state index contributed by atoms with van der Waals surface area (Å²) in [4.78, 5) is 49.3. The fourth-order valence-corrected chi connectivity index (χ4v) is 5.69. The summed E-state index contributed by atoms with van der Waals surface area (Å²) in [5.41, 5.74) is 3.18. The average Bonchev–Trinajstić information content (AvgIpc) is 4.00. The van der Waals surface area contributed by atoms with Crippen LogP contribution in [0.4, 0.5) is 8.78 Å². The summed E-state index contributed by atoms with van der Waals surface area (Å²) < 4.78 is 41.9. The predicted molar refractivity (Wildman–Crippen MR) is 179 cm³/mol. The molecule has 0 saturated heterocycles. The number of pyridine rings is 2. The summed E-state index contributed by atoms with van der Waals surface area (Å²) >= 11 is 0. The Hall–Kier alpha value is -4.35. The molecule has 0 atom stereocenters. The largest absolute Gasteiger partial charge is 0.473 e. The fraction of sp³-hybridized carbons (Fsp3) is 0.541. The summed E-state index contributed by atoms with van der Waals surface area (Å²) in [6.45, 7) is 8.84. The molecule has 264 valence electrons. The Labute approximate surface area is 286 Å². The van der Waals surface area contributed by atoms with Crippen LogP contribution >= 0.6 is 0 Å². The van der Waals surface area contributed by atoms with Crippen molar-refractivity contribution >= 4 is 17.8 Å². The zero-order chi connectivity index (χ0) is 35.1. The van der Waals surface area contributed by atoms with Crippen LogP contribution in [0.5, 0.6) is 11.8 Å². The van der Waals surface area contributed by atoms with Crippen LogP contribution in [0.15, 0.2) is 48.1 Å². The molecule has 0 N–H and O–H groups in total. The maximum Gasteiger partial charge on any atom is 0.306 e. The van der Waals surface area contributed by atoms with E-state index in [1.165, 1.54) is 0 Å². The lowest BCUT2D eigenvalue weighted by molar-refractivity contribution is -0.154. The summed E-state index contributed by atoms with van der Waals surface area (Å²) in [5.74, 6) is 0.537. The first-order valence-corrected chi connectivity index (χ1v) is 17.1. The van der Waals surface area contributed by atoms with Gasteiger partial charge in [-0.25, -0.2) is 18.7 Å². The van der Waals surface area contributed by atoms with Gasteiger partial charge in [-0.2, -0.15) is 0 Å². The molecule has 0 unspecified atom stereocenters. The van der Waals surface area contributed by atoms with Crippen molar-refractivity contribution in [3.63, 3.8) is 0 Å². The summed E-state index contributed by atoms with van der Waals surface area (Å²) in [7, 11) is 0. The topological polar surface area (TPSA) is 111 Å². The Morgan fingerprint density at radius 3 is 1.67 bits per heavy atom. The number of amides is 2. The van der Waals surface area contributed by atoms with E-state index < -0.39 is 5.60 Å². The van der Waals surface area contributed by atoms with Gasteiger partial charge < -0.3 is 24.0 Å². The zero-order valence-electron chi connectivity index (χ0n) is 28.8. The average molecular weight is 681 g/mol. The molecule has 2 aromatic rings. The molecule has 2 aliphatic heterocycles. The van der Waals surface area contributed by atoms with Gasteiger partial charge in [-0.15, -0.1) is 0 Å². The van der Waals surface area contributed by atoms with Gasteiger partial charge in [0.2, 0.25) is 11.8 Å². The minimum Gasteiger partial charge on any atom is -0.473 e. The first kappa shape index (κ1) is 35.9. The Morgan fingerprint density at radius 1 is 0.796 bits per heavy atom. The monoisotopic (exact) mass is 680 g/mol. The number of aromatic nitrogens is 2. The number of halogens is 2. The van der Waals surface area contributed by atoms with E-state index in [0.717, 1.165) is 50.0 Å². The first-order valence-electron chi connectivity index (χ1n) is 17.1. The van der Waals surface area contributed by atoms with Crippen molar-refractivity contribution in [2.24, 2.45) is 0 Å². The maximum absolute atomic E-state index is 13.1. The van der Waals surface area contributed by atoms with Gasteiger partial charge in [0.1, 0.15) is 18.8 Å². The second-order valence-electron chi connectivity index (χ2n) is 13.8. The molecule has 4 aliphatic rings. The van der Waals surface area contributed by atoms with Gasteiger partial charge in [0.05, 0.1) is 35.2 Å². The second-order valence-corrected chi connectivity index (χ2v) is 13.8. The van der Waals surface area contributed by atoms with Gasteiger partial charge in [0.15, 0.2) is 0 Å². The molecule has 49 heavy (non-hydrogen) atoms. The Morgan fingerprint density at radius 2 is 1.27 bits per heavy atom. The van der Waals surface area contributed by atoms with Crippen molar-refractivity contribution in [3.05, 3.63) is 70.6 Å². The van der Waals surface area contributed by atoms with E-state index >= 15 is 0 Å². The quantitative estimate of drug-likeness (QED) is 0.234. The van der Waals surface area contributed by atoms with Gasteiger partial charge in [0, 0.05) is 56.6 Å². The lowest BCUT2D eigenvalue weighted by Gasteiger charge is -2.28. The molecule has 2 saturated carbocycles. The van der Waals surface area contributed by atoms with Crippen LogP contribution < -0.4 is 9.47 Å². The van der Waals surface area contributed by atoms with Gasteiger partial charge in [-0.1, -0.05) is 6.92 Å². The normalized spacial score (nSPS) is 17.9. The Bertz CT molecular complexity index is 1600. The third kappa shape index (κ3) is 9.86. The van der Waals surface area contributed by atoms with Crippen LogP contribution in [0.2, 0.25) is 0 Å². The number of fused-ring (bicyclic) bond motifs is 2. The van der Waals surface area contributed by atoms with E-state index in [9.17, 15) is 23.2 Å². The van der Waals surface area contributed by atoms with Crippen LogP contribution in [0.1, 0.15) is 105 Å². The molecular formula is C37H46F2N4O6. The molecule has 2 aliphatic carbocycles. The lowest BCUT2D eigenvalue weighted by atomic mass is 10.0. The van der Waals surface area contributed by atoms with E-state index in [1.807, 2.05) is 16.7 Å². The molecule has 4 heterocycles. The molecule has 2 fully saturated rings. The van der Waals surface area contributed by atoms with E-state index in [2.05, 4.69) is 9.97 Å². The molecule has 10 nitrogen and oxygen atoms in total. The highest BCUT2D eigenvalue weighted by Crippen LogP contribution is 2.33. The molecule has 2 aromatic heterocycles. The highest BCUT2D eigenvalue weighted by molar-refractivity contribution is 5.97. The zero-order valence-corrected chi connectivity index (χ0v) is 28.8. The molecule has 6 rings (SSSR count). The van der Waals surface area contributed by atoms with Crippen LogP contribution in [-0.4, -0.2) is 81.5 Å².